The Balaban J connectivity index is 3.20. The van der Waals surface area contributed by atoms with Crippen LogP contribution in [0.15, 0.2) is 18.3 Å². The lowest BCUT2D eigenvalue weighted by atomic mass is 10.00. The van der Waals surface area contributed by atoms with Gasteiger partial charge in [-0.25, -0.2) is 11.4 Å². The Bertz CT molecular complexity index is 405. The van der Waals surface area contributed by atoms with E-state index in [0.29, 0.717) is 5.69 Å². The molecule has 4 heteroatoms. The van der Waals surface area contributed by atoms with Crippen molar-refractivity contribution in [2.75, 3.05) is 0 Å². The minimum atomic E-state index is -1.01. The van der Waals surface area contributed by atoms with Crippen molar-refractivity contribution in [1.82, 2.24) is 4.98 Å². The summed E-state index contributed by atoms with van der Waals surface area (Å²) in [6.07, 6.45) is 1.41. The summed E-state index contributed by atoms with van der Waals surface area (Å²) in [6, 6.07) is 2.84. The number of hydrogen-bond acceptors (Lipinski definition) is 2. The third-order valence-corrected chi connectivity index (χ3v) is 1.91. The molecule has 1 heterocycles. The Labute approximate surface area is 82.0 Å². The predicted octanol–water partition coefficient (Wildman–Crippen LogP) is 1.93. The van der Waals surface area contributed by atoms with E-state index >= 15 is 0 Å². The number of aromatic carboxylic acids is 1. The van der Waals surface area contributed by atoms with Crippen molar-refractivity contribution in [2.45, 2.75) is 19.4 Å². The minimum absolute atomic E-state index is 0.159. The van der Waals surface area contributed by atoms with Gasteiger partial charge in [-0.1, -0.05) is 0 Å². The molecule has 1 N–H and O–H groups in total. The summed E-state index contributed by atoms with van der Waals surface area (Å²) in [5, 5.41) is 8.74. The molecule has 0 radical (unpaired) electrons. The van der Waals surface area contributed by atoms with E-state index in [-0.39, 0.29) is 5.56 Å². The maximum Gasteiger partial charge on any atom is 0.335 e. The molecule has 0 aliphatic carbocycles. The minimum Gasteiger partial charge on any atom is -0.478 e. The first kappa shape index (κ1) is 10.2. The molecule has 1 rings (SSSR count). The third-order valence-electron chi connectivity index (χ3n) is 1.91. The van der Waals surface area contributed by atoms with Gasteiger partial charge in [-0.05, 0) is 12.1 Å². The molecule has 72 valence electrons. The van der Waals surface area contributed by atoms with Gasteiger partial charge in [-0.2, -0.15) is 0 Å². The molecule has 0 amide bonds. The monoisotopic (exact) mass is 190 g/mol. The van der Waals surface area contributed by atoms with Crippen LogP contribution in [0.1, 0.15) is 29.9 Å². The van der Waals surface area contributed by atoms with E-state index in [1.54, 1.807) is 13.8 Å². The van der Waals surface area contributed by atoms with Crippen LogP contribution >= 0.6 is 0 Å². The van der Waals surface area contributed by atoms with Crippen LogP contribution in [0, 0.1) is 6.57 Å². The summed E-state index contributed by atoms with van der Waals surface area (Å²) in [5.41, 5.74) is -0.134. The van der Waals surface area contributed by atoms with Gasteiger partial charge >= 0.3 is 5.97 Å². The van der Waals surface area contributed by atoms with E-state index in [9.17, 15) is 4.79 Å². The van der Waals surface area contributed by atoms with E-state index in [1.165, 1.54) is 18.3 Å². The van der Waals surface area contributed by atoms with Crippen LogP contribution in [-0.2, 0) is 5.54 Å². The SMILES string of the molecule is [C-]#[N+]C(C)(C)c1cc(C(=O)O)ccn1. The fourth-order valence-corrected chi connectivity index (χ4v) is 0.955. The van der Waals surface area contributed by atoms with Crippen molar-refractivity contribution in [2.24, 2.45) is 0 Å². The highest BCUT2D eigenvalue weighted by Crippen LogP contribution is 2.22. The summed E-state index contributed by atoms with van der Waals surface area (Å²) >= 11 is 0. The Morgan fingerprint density at radius 1 is 1.64 bits per heavy atom. The molecule has 14 heavy (non-hydrogen) atoms. The first-order valence-electron chi connectivity index (χ1n) is 4.06. The second-order valence-electron chi connectivity index (χ2n) is 3.41. The molecule has 0 saturated heterocycles. The standard InChI is InChI=1S/C10H10N2O2/c1-10(2,11-3)8-6-7(9(13)14)4-5-12-8/h4-6H,1-2H3,(H,13,14). The van der Waals surface area contributed by atoms with Crippen LogP contribution in [-0.4, -0.2) is 16.1 Å². The highest BCUT2D eigenvalue weighted by atomic mass is 16.4. The average molecular weight is 190 g/mol. The molecule has 0 unspecified atom stereocenters. The quantitative estimate of drug-likeness (QED) is 0.725. The Hall–Kier alpha value is -1.89. The lowest BCUT2D eigenvalue weighted by Crippen LogP contribution is -2.14. The number of carboxylic acid groups (broad SMARTS) is 1. The number of aromatic nitrogens is 1. The molecule has 0 aromatic carbocycles. The largest absolute Gasteiger partial charge is 0.478 e. The second kappa shape index (κ2) is 3.46. The van der Waals surface area contributed by atoms with Gasteiger partial charge in [-0.15, -0.1) is 0 Å². The normalized spacial score (nSPS) is 10.6. The molecular formula is C10H10N2O2. The molecule has 0 spiro atoms. The van der Waals surface area contributed by atoms with Gasteiger partial charge < -0.3 is 9.95 Å². The second-order valence-corrected chi connectivity index (χ2v) is 3.41. The average Bonchev–Trinajstić information content (AvgIpc) is 2.18. The van der Waals surface area contributed by atoms with E-state index < -0.39 is 11.5 Å². The van der Waals surface area contributed by atoms with Crippen LogP contribution in [0.5, 0.6) is 0 Å². The molecule has 1 aromatic heterocycles. The topological polar surface area (TPSA) is 54.5 Å². The number of carboxylic acids is 1. The Morgan fingerprint density at radius 3 is 2.79 bits per heavy atom. The fourth-order valence-electron chi connectivity index (χ4n) is 0.955. The van der Waals surface area contributed by atoms with Gasteiger partial charge in [0, 0.05) is 20.0 Å². The highest BCUT2D eigenvalue weighted by molar-refractivity contribution is 5.87. The zero-order chi connectivity index (χ0) is 10.8. The lowest BCUT2D eigenvalue weighted by molar-refractivity contribution is 0.0696. The fraction of sp³-hybridized carbons (Fsp3) is 0.300. The predicted molar refractivity (Wildman–Crippen MR) is 50.8 cm³/mol. The van der Waals surface area contributed by atoms with Gasteiger partial charge in [0.2, 0.25) is 0 Å². The zero-order valence-corrected chi connectivity index (χ0v) is 7.98. The van der Waals surface area contributed by atoms with Crippen LogP contribution in [0.25, 0.3) is 4.85 Å². The van der Waals surface area contributed by atoms with Gasteiger partial charge in [0.05, 0.1) is 5.56 Å². The first-order chi connectivity index (χ1) is 6.47. The summed E-state index contributed by atoms with van der Waals surface area (Å²) in [4.78, 5) is 18.0. The molecule has 4 nitrogen and oxygen atoms in total. The van der Waals surface area contributed by atoms with Gasteiger partial charge in [0.15, 0.2) is 0 Å². The van der Waals surface area contributed by atoms with Crippen molar-refractivity contribution in [3.63, 3.8) is 0 Å². The molecule has 0 aliphatic rings. The first-order valence-corrected chi connectivity index (χ1v) is 4.06. The number of pyridine rings is 1. The van der Waals surface area contributed by atoms with Gasteiger partial charge in [-0.3, -0.25) is 4.98 Å². The third kappa shape index (κ3) is 1.88. The van der Waals surface area contributed by atoms with Crippen LogP contribution in [0.2, 0.25) is 0 Å². The smallest absolute Gasteiger partial charge is 0.335 e. The van der Waals surface area contributed by atoms with Crippen molar-refractivity contribution in [3.05, 3.63) is 41.0 Å². The number of carbonyl (C=O) groups is 1. The number of rotatable bonds is 2. The molecule has 0 atom stereocenters. The molecular weight excluding hydrogens is 180 g/mol. The van der Waals surface area contributed by atoms with Crippen molar-refractivity contribution in [1.29, 1.82) is 0 Å². The maximum absolute atomic E-state index is 10.7. The van der Waals surface area contributed by atoms with Crippen LogP contribution in [0.3, 0.4) is 0 Å². The maximum atomic E-state index is 10.7. The highest BCUT2D eigenvalue weighted by Gasteiger charge is 2.28. The van der Waals surface area contributed by atoms with Gasteiger partial charge in [0.25, 0.3) is 5.54 Å². The van der Waals surface area contributed by atoms with E-state index in [2.05, 4.69) is 9.83 Å². The molecule has 0 aliphatic heterocycles. The summed E-state index contributed by atoms with van der Waals surface area (Å²) < 4.78 is 0. The van der Waals surface area contributed by atoms with Crippen molar-refractivity contribution >= 4 is 5.97 Å². The molecule has 0 fully saturated rings. The van der Waals surface area contributed by atoms with Crippen molar-refractivity contribution in [3.8, 4) is 0 Å². The molecule has 0 bridgehead atoms. The number of nitrogens with zero attached hydrogens (tertiary/aromatic N) is 2. The Morgan fingerprint density at radius 2 is 2.29 bits per heavy atom. The van der Waals surface area contributed by atoms with E-state index in [4.69, 9.17) is 11.7 Å². The lowest BCUT2D eigenvalue weighted by Gasteiger charge is -2.10. The van der Waals surface area contributed by atoms with Gasteiger partial charge in [0.1, 0.15) is 5.69 Å². The summed E-state index contributed by atoms with van der Waals surface area (Å²) in [7, 11) is 0. The molecule has 1 aromatic rings. The zero-order valence-electron chi connectivity index (χ0n) is 7.98. The summed E-state index contributed by atoms with van der Waals surface area (Å²) in [5.74, 6) is -1.01. The van der Waals surface area contributed by atoms with Crippen LogP contribution < -0.4 is 0 Å². The Kier molecular flexibility index (Phi) is 2.52. The van der Waals surface area contributed by atoms with E-state index in [0.717, 1.165) is 0 Å². The van der Waals surface area contributed by atoms with E-state index in [1.807, 2.05) is 0 Å². The number of hydrogen-bond donors (Lipinski definition) is 1. The van der Waals surface area contributed by atoms with Crippen LogP contribution in [0.4, 0.5) is 0 Å². The summed E-state index contributed by atoms with van der Waals surface area (Å²) in [6.45, 7) is 10.4. The molecule has 0 saturated carbocycles. The van der Waals surface area contributed by atoms with Crippen molar-refractivity contribution < 1.29 is 9.90 Å².